The van der Waals surface area contributed by atoms with E-state index in [1.54, 1.807) is 43.7 Å². The van der Waals surface area contributed by atoms with E-state index in [2.05, 4.69) is 16.6 Å². The van der Waals surface area contributed by atoms with Gasteiger partial charge in [-0.1, -0.05) is 41.4 Å². The lowest BCUT2D eigenvalue weighted by atomic mass is 10.1. The summed E-state index contributed by atoms with van der Waals surface area (Å²) in [7, 11) is 1.59. The molecule has 0 radical (unpaired) electrons. The second-order valence-electron chi connectivity index (χ2n) is 6.30. The van der Waals surface area contributed by atoms with Crippen LogP contribution in [0.25, 0.3) is 0 Å². The van der Waals surface area contributed by atoms with Crippen molar-refractivity contribution in [1.29, 1.82) is 5.26 Å². The van der Waals surface area contributed by atoms with Crippen LogP contribution in [0.3, 0.4) is 0 Å². The fourth-order valence-corrected chi connectivity index (χ4v) is 3.20. The third kappa shape index (κ3) is 5.66. The van der Waals surface area contributed by atoms with Gasteiger partial charge in [0.1, 0.15) is 6.61 Å². The van der Waals surface area contributed by atoms with Gasteiger partial charge in [-0.05, 0) is 53.6 Å². The molecule has 0 aliphatic rings. The normalized spacial score (nSPS) is 10.6. The Morgan fingerprint density at radius 1 is 1.03 bits per heavy atom. The van der Waals surface area contributed by atoms with Crippen LogP contribution in [0.5, 0.6) is 11.5 Å². The molecule has 152 valence electrons. The van der Waals surface area contributed by atoms with Crippen LogP contribution in [0.2, 0.25) is 10.0 Å². The number of hydrazone groups is 1. The first-order valence-corrected chi connectivity index (χ1v) is 9.85. The molecule has 0 spiro atoms. The summed E-state index contributed by atoms with van der Waals surface area (Å²) in [6.07, 6.45) is 1.68. The van der Waals surface area contributed by atoms with Gasteiger partial charge in [0, 0.05) is 15.6 Å². The van der Waals surface area contributed by atoms with Crippen molar-refractivity contribution in [2.24, 2.45) is 5.10 Å². The smallest absolute Gasteiger partial charge is 0.161 e. The second-order valence-corrected chi connectivity index (χ2v) is 7.12. The number of ether oxygens (including phenoxy) is 2. The average molecular weight is 440 g/mol. The molecule has 0 aliphatic carbocycles. The van der Waals surface area contributed by atoms with Crippen molar-refractivity contribution in [2.75, 3.05) is 7.11 Å². The highest BCUT2D eigenvalue weighted by molar-refractivity contribution is 6.35. The van der Waals surface area contributed by atoms with Crippen LogP contribution in [0.4, 0.5) is 0 Å². The first-order chi connectivity index (χ1) is 14.6. The molecule has 1 N–H and O–H groups in total. The lowest BCUT2D eigenvalue weighted by Crippen LogP contribution is -2.06. The Morgan fingerprint density at radius 2 is 1.77 bits per heavy atom. The van der Waals surface area contributed by atoms with E-state index in [9.17, 15) is 0 Å². The highest BCUT2D eigenvalue weighted by Gasteiger charge is 2.07. The van der Waals surface area contributed by atoms with Crippen LogP contribution in [0, 0.1) is 11.3 Å². The van der Waals surface area contributed by atoms with E-state index in [0.717, 1.165) is 16.7 Å². The molecule has 0 fully saturated rings. The molecule has 0 atom stereocenters. The fourth-order valence-electron chi connectivity index (χ4n) is 2.67. The van der Waals surface area contributed by atoms with Gasteiger partial charge in [0.2, 0.25) is 0 Å². The molecule has 5 nitrogen and oxygen atoms in total. The van der Waals surface area contributed by atoms with E-state index in [1.165, 1.54) is 0 Å². The lowest BCUT2D eigenvalue weighted by Gasteiger charge is -2.11. The van der Waals surface area contributed by atoms with Gasteiger partial charge in [-0.15, -0.1) is 0 Å². The molecule has 0 unspecified atom stereocenters. The van der Waals surface area contributed by atoms with E-state index in [-0.39, 0.29) is 0 Å². The number of hydrogen-bond acceptors (Lipinski definition) is 5. The van der Waals surface area contributed by atoms with Gasteiger partial charge < -0.3 is 14.9 Å². The number of halogens is 2. The summed E-state index contributed by atoms with van der Waals surface area (Å²) in [4.78, 5) is 0. The molecule has 0 saturated carbocycles. The molecule has 7 heteroatoms. The quantitative estimate of drug-likeness (QED) is 0.367. The van der Waals surface area contributed by atoms with Gasteiger partial charge >= 0.3 is 0 Å². The Hall–Kier alpha value is -3.20. The minimum Gasteiger partial charge on any atom is -0.493 e. The maximum Gasteiger partial charge on any atom is 0.161 e. The summed E-state index contributed by atoms with van der Waals surface area (Å²) in [5.74, 6) is 1.22. The Bertz CT molecular complexity index is 1060. The first-order valence-electron chi connectivity index (χ1n) is 9.09. The molecule has 0 heterocycles. The summed E-state index contributed by atoms with van der Waals surface area (Å²) in [5, 5.41) is 14.3. The number of hydrogen-bond donors (Lipinski definition) is 1. The molecule has 3 aromatic carbocycles. The topological polar surface area (TPSA) is 66.6 Å². The molecule has 0 aromatic heterocycles. The van der Waals surface area contributed by atoms with E-state index in [4.69, 9.17) is 37.9 Å². The largest absolute Gasteiger partial charge is 0.493 e. The number of benzene rings is 3. The van der Waals surface area contributed by atoms with Crippen LogP contribution in [-0.4, -0.2) is 13.3 Å². The van der Waals surface area contributed by atoms with Gasteiger partial charge in [0.25, 0.3) is 0 Å². The third-order valence-corrected chi connectivity index (χ3v) is 5.00. The second kappa shape index (κ2) is 10.5. The molecule has 0 bridgehead atoms. The van der Waals surface area contributed by atoms with Crippen LogP contribution >= 0.6 is 23.2 Å². The number of nitrogens with zero attached hydrogens (tertiary/aromatic N) is 2. The van der Waals surface area contributed by atoms with Gasteiger partial charge in [-0.3, -0.25) is 0 Å². The molecular formula is C23H19Cl2N3O2. The van der Waals surface area contributed by atoms with Crippen molar-refractivity contribution in [3.63, 3.8) is 0 Å². The predicted molar refractivity (Wildman–Crippen MR) is 119 cm³/mol. The summed E-state index contributed by atoms with van der Waals surface area (Å²) in [5.41, 5.74) is 6.16. The van der Waals surface area contributed by atoms with E-state index >= 15 is 0 Å². The summed E-state index contributed by atoms with van der Waals surface area (Å²) in [6, 6.07) is 20.3. The molecule has 0 saturated heterocycles. The number of methoxy groups -OCH3 is 1. The van der Waals surface area contributed by atoms with Crippen LogP contribution in [-0.2, 0) is 13.2 Å². The van der Waals surface area contributed by atoms with Crippen molar-refractivity contribution in [2.45, 2.75) is 13.2 Å². The van der Waals surface area contributed by atoms with Gasteiger partial charge in [-0.25, -0.2) is 0 Å². The Kier molecular flexibility index (Phi) is 7.56. The Balaban J connectivity index is 1.60. The van der Waals surface area contributed by atoms with Gasteiger partial charge in [0.05, 0.1) is 31.5 Å². The van der Waals surface area contributed by atoms with E-state index in [1.807, 2.05) is 30.3 Å². The van der Waals surface area contributed by atoms with Gasteiger partial charge in [-0.2, -0.15) is 10.4 Å². The van der Waals surface area contributed by atoms with Crippen molar-refractivity contribution in [1.82, 2.24) is 5.43 Å². The maximum atomic E-state index is 8.87. The predicted octanol–water partition coefficient (Wildman–Crippen LogP) is 5.58. The summed E-state index contributed by atoms with van der Waals surface area (Å²) in [6.45, 7) is 0.785. The van der Waals surface area contributed by atoms with Crippen molar-refractivity contribution in [3.8, 4) is 17.6 Å². The average Bonchev–Trinajstić information content (AvgIpc) is 2.77. The number of nitriles is 1. The molecule has 0 amide bonds. The SMILES string of the molecule is COc1cc(/C=N/NCc2c(Cl)cccc2Cl)ccc1OCc1ccc(C#N)cc1. The van der Waals surface area contributed by atoms with E-state index < -0.39 is 0 Å². The number of rotatable bonds is 8. The van der Waals surface area contributed by atoms with Gasteiger partial charge in [0.15, 0.2) is 11.5 Å². The van der Waals surface area contributed by atoms with Crippen LogP contribution < -0.4 is 14.9 Å². The lowest BCUT2D eigenvalue weighted by molar-refractivity contribution is 0.284. The summed E-state index contributed by atoms with van der Waals surface area (Å²) < 4.78 is 11.3. The van der Waals surface area contributed by atoms with E-state index in [0.29, 0.717) is 40.3 Å². The zero-order valence-electron chi connectivity index (χ0n) is 16.2. The van der Waals surface area contributed by atoms with Crippen molar-refractivity contribution < 1.29 is 9.47 Å². The molecule has 0 aliphatic heterocycles. The zero-order chi connectivity index (χ0) is 21.3. The van der Waals surface area contributed by atoms with Crippen molar-refractivity contribution in [3.05, 3.63) is 93.0 Å². The van der Waals surface area contributed by atoms with Crippen molar-refractivity contribution >= 4 is 29.4 Å². The maximum absolute atomic E-state index is 8.87. The van der Waals surface area contributed by atoms with Crippen LogP contribution in [0.15, 0.2) is 65.8 Å². The Labute approximate surface area is 185 Å². The minimum atomic E-state index is 0.371. The monoisotopic (exact) mass is 439 g/mol. The highest BCUT2D eigenvalue weighted by Crippen LogP contribution is 2.28. The molecule has 30 heavy (non-hydrogen) atoms. The molecule has 3 aromatic rings. The summed E-state index contributed by atoms with van der Waals surface area (Å²) >= 11 is 12.3. The standard InChI is InChI=1S/C23H19Cl2N3O2/c1-29-23-11-18(13-27-28-14-19-20(24)3-2-4-21(19)25)9-10-22(23)30-15-17-7-5-16(12-26)6-8-17/h2-11,13,28H,14-15H2,1H3/b27-13+. The number of nitrogens with one attached hydrogen (secondary N) is 1. The Morgan fingerprint density at radius 3 is 2.43 bits per heavy atom. The highest BCUT2D eigenvalue weighted by atomic mass is 35.5. The molecule has 3 rings (SSSR count). The fraction of sp³-hybridized carbons (Fsp3) is 0.130. The third-order valence-electron chi connectivity index (χ3n) is 4.29. The molecular weight excluding hydrogens is 421 g/mol. The first kappa shape index (κ1) is 21.5. The zero-order valence-corrected chi connectivity index (χ0v) is 17.7. The minimum absolute atomic E-state index is 0.371. The van der Waals surface area contributed by atoms with Crippen LogP contribution in [0.1, 0.15) is 22.3 Å².